The largest absolute Gasteiger partial charge is 0.452 e. The highest BCUT2D eigenvalue weighted by atomic mass is 35.5. The zero-order chi connectivity index (χ0) is 23.7. The third kappa shape index (κ3) is 4.80. The number of fused-ring (bicyclic) bond motifs is 3. The topological polar surface area (TPSA) is 43.4 Å². The lowest BCUT2D eigenvalue weighted by atomic mass is 9.77. The minimum absolute atomic E-state index is 0.164. The quantitative estimate of drug-likeness (QED) is 0.207. The summed E-state index contributed by atoms with van der Waals surface area (Å²) in [7, 11) is 0. The Hall–Kier alpha value is -2.18. The van der Waals surface area contributed by atoms with Crippen molar-refractivity contribution in [1.29, 1.82) is 0 Å². The van der Waals surface area contributed by atoms with Gasteiger partial charge in [-0.05, 0) is 41.1 Å². The normalized spacial score (nSPS) is 24.5. The predicted octanol–water partition coefficient (Wildman–Crippen LogP) is 6.43. The highest BCUT2D eigenvalue weighted by Gasteiger charge is 2.50. The number of thiophene rings is 1. The first-order chi connectivity index (χ1) is 16.4. The van der Waals surface area contributed by atoms with Gasteiger partial charge in [0.15, 0.2) is 6.10 Å². The van der Waals surface area contributed by atoms with Crippen LogP contribution in [0.1, 0.15) is 39.7 Å². The van der Waals surface area contributed by atoms with Crippen molar-refractivity contribution in [2.75, 3.05) is 26.2 Å². The van der Waals surface area contributed by atoms with E-state index in [1.807, 2.05) is 47.8 Å². The number of rotatable bonds is 7. The van der Waals surface area contributed by atoms with E-state index in [0.717, 1.165) is 41.9 Å². The number of ketones is 1. The summed E-state index contributed by atoms with van der Waals surface area (Å²) in [5.41, 5.74) is 1.57. The van der Waals surface area contributed by atoms with E-state index >= 15 is 0 Å². The van der Waals surface area contributed by atoms with Gasteiger partial charge in [-0.15, -0.1) is 11.3 Å². The number of ether oxygens (including phenoxy) is 1. The van der Waals surface area contributed by atoms with Gasteiger partial charge in [-0.3, -0.25) is 9.59 Å². The summed E-state index contributed by atoms with van der Waals surface area (Å²) in [5.74, 6) is 0.0188. The Morgan fingerprint density at radius 1 is 1.00 bits per heavy atom. The fourth-order valence-electron chi connectivity index (χ4n) is 5.44. The number of esters is 1. The lowest BCUT2D eigenvalue weighted by Crippen LogP contribution is -2.64. The molecule has 176 valence electrons. The number of Topliss-reactive ketones (excluding diaryl/α,β-unsaturated/α-hetero) is 1. The number of hydrogen-bond donors (Lipinski definition) is 0. The van der Waals surface area contributed by atoms with Gasteiger partial charge in [0.05, 0.1) is 24.5 Å². The van der Waals surface area contributed by atoms with Crippen molar-refractivity contribution in [3.05, 3.63) is 92.1 Å². The van der Waals surface area contributed by atoms with Crippen LogP contribution in [-0.2, 0) is 9.53 Å². The molecule has 0 radical (unpaired) electrons. The van der Waals surface area contributed by atoms with E-state index in [1.54, 1.807) is 18.2 Å². The molecule has 2 atom stereocenters. The van der Waals surface area contributed by atoms with Gasteiger partial charge in [-0.1, -0.05) is 59.6 Å². The summed E-state index contributed by atoms with van der Waals surface area (Å²) in [6, 6.07) is 18.6. The van der Waals surface area contributed by atoms with Crippen LogP contribution in [0.25, 0.3) is 0 Å². The van der Waals surface area contributed by atoms with Crippen LogP contribution < -0.4 is 0 Å². The molecule has 7 heteroatoms. The number of carbonyl (C=O) groups excluding carboxylic acids is 2. The molecule has 0 N–H and O–H groups in total. The zero-order valence-electron chi connectivity index (χ0n) is 18.7. The SMILES string of the molecule is O=C(C[N+]12CCC(CC1)C(C(=O)OC(c1ccc(Cl)cc1)c1ccccc1Cl)C2)c1cccs1. The summed E-state index contributed by atoms with van der Waals surface area (Å²) >= 11 is 14.1. The van der Waals surface area contributed by atoms with Gasteiger partial charge in [0, 0.05) is 28.5 Å². The van der Waals surface area contributed by atoms with Crippen LogP contribution in [0, 0.1) is 11.8 Å². The highest BCUT2D eigenvalue weighted by molar-refractivity contribution is 7.12. The Kier molecular flexibility index (Phi) is 6.81. The number of halogens is 2. The minimum atomic E-state index is -0.616. The fraction of sp³-hybridized carbons (Fsp3) is 0.333. The molecule has 3 saturated heterocycles. The maximum Gasteiger partial charge on any atom is 0.315 e. The van der Waals surface area contributed by atoms with Crippen LogP contribution >= 0.6 is 34.5 Å². The first-order valence-corrected chi connectivity index (χ1v) is 13.2. The molecular formula is C27H26Cl2NO3S+. The van der Waals surface area contributed by atoms with Gasteiger partial charge in [0.1, 0.15) is 12.5 Å². The molecule has 3 fully saturated rings. The average molecular weight is 515 g/mol. The van der Waals surface area contributed by atoms with E-state index in [2.05, 4.69) is 0 Å². The van der Waals surface area contributed by atoms with E-state index in [4.69, 9.17) is 27.9 Å². The highest BCUT2D eigenvalue weighted by Crippen LogP contribution is 2.40. The van der Waals surface area contributed by atoms with Gasteiger partial charge >= 0.3 is 5.97 Å². The van der Waals surface area contributed by atoms with Crippen LogP contribution in [0.5, 0.6) is 0 Å². The van der Waals surface area contributed by atoms with Gasteiger partial charge in [0.2, 0.25) is 5.78 Å². The van der Waals surface area contributed by atoms with Gasteiger partial charge in [-0.25, -0.2) is 0 Å². The zero-order valence-corrected chi connectivity index (χ0v) is 21.0. The summed E-state index contributed by atoms with van der Waals surface area (Å²) in [4.78, 5) is 27.3. The summed E-state index contributed by atoms with van der Waals surface area (Å²) in [6.07, 6.45) is 1.26. The number of piperidine rings is 3. The van der Waals surface area contributed by atoms with E-state index in [9.17, 15) is 9.59 Å². The van der Waals surface area contributed by atoms with Crippen LogP contribution in [-0.4, -0.2) is 42.4 Å². The standard InChI is InChI=1S/C27H26Cl2NO3S/c28-20-9-7-19(8-10-20)26(21-4-1-2-5-23(21)29)33-27(32)22-16-30(13-11-18(22)12-14-30)17-24(31)25-6-3-15-34-25/h1-10,15,18,22,26H,11-14,16-17H2/q+1. The maximum atomic E-state index is 13.6. The van der Waals surface area contributed by atoms with Crippen LogP contribution in [0.4, 0.5) is 0 Å². The molecule has 0 saturated carbocycles. The van der Waals surface area contributed by atoms with Crippen molar-refractivity contribution >= 4 is 46.3 Å². The van der Waals surface area contributed by atoms with Crippen molar-refractivity contribution in [3.8, 4) is 0 Å². The monoisotopic (exact) mass is 514 g/mol. The number of hydrogen-bond acceptors (Lipinski definition) is 4. The molecule has 1 aromatic heterocycles. The van der Waals surface area contributed by atoms with Crippen molar-refractivity contribution in [2.24, 2.45) is 11.8 Å². The first-order valence-electron chi connectivity index (χ1n) is 11.6. The Labute approximate surface area is 213 Å². The molecular weight excluding hydrogens is 489 g/mol. The smallest absolute Gasteiger partial charge is 0.315 e. The summed E-state index contributed by atoms with van der Waals surface area (Å²) < 4.78 is 6.87. The van der Waals surface area contributed by atoms with Gasteiger partial charge < -0.3 is 9.22 Å². The van der Waals surface area contributed by atoms with Gasteiger partial charge in [-0.2, -0.15) is 0 Å². The molecule has 3 aliphatic rings. The van der Waals surface area contributed by atoms with Gasteiger partial charge in [0.25, 0.3) is 0 Å². The second-order valence-corrected chi connectivity index (χ2v) is 11.2. The van der Waals surface area contributed by atoms with E-state index < -0.39 is 6.10 Å². The van der Waals surface area contributed by atoms with Crippen LogP contribution in [0.3, 0.4) is 0 Å². The number of quaternary nitrogens is 1. The van der Waals surface area contributed by atoms with E-state index in [-0.39, 0.29) is 17.7 Å². The van der Waals surface area contributed by atoms with E-state index in [0.29, 0.717) is 33.5 Å². The molecule has 2 unspecified atom stereocenters. The Bertz CT molecular complexity index is 1170. The second-order valence-electron chi connectivity index (χ2n) is 9.36. The molecule has 0 spiro atoms. The molecule has 3 aromatic rings. The number of benzene rings is 2. The molecule has 3 aliphatic heterocycles. The minimum Gasteiger partial charge on any atom is -0.452 e. The molecule has 4 nitrogen and oxygen atoms in total. The molecule has 34 heavy (non-hydrogen) atoms. The van der Waals surface area contributed by atoms with Crippen LogP contribution in [0.15, 0.2) is 66.0 Å². The summed E-state index contributed by atoms with van der Waals surface area (Å²) in [5, 5.41) is 3.10. The molecule has 6 rings (SSSR count). The fourth-order valence-corrected chi connectivity index (χ4v) is 6.45. The third-order valence-electron chi connectivity index (χ3n) is 7.27. The molecule has 4 heterocycles. The summed E-state index contributed by atoms with van der Waals surface area (Å²) in [6.45, 7) is 2.98. The molecule has 2 bridgehead atoms. The number of carbonyl (C=O) groups is 2. The first kappa shape index (κ1) is 23.6. The molecule has 0 amide bonds. The van der Waals surface area contributed by atoms with Crippen molar-refractivity contribution in [2.45, 2.75) is 18.9 Å². The maximum absolute atomic E-state index is 13.6. The predicted molar refractivity (Wildman–Crippen MR) is 135 cm³/mol. The second kappa shape index (κ2) is 9.82. The van der Waals surface area contributed by atoms with Crippen molar-refractivity contribution < 1.29 is 18.8 Å². The lowest BCUT2D eigenvalue weighted by Gasteiger charge is -2.51. The average Bonchev–Trinajstić information content (AvgIpc) is 3.39. The Morgan fingerprint density at radius 3 is 2.41 bits per heavy atom. The van der Waals surface area contributed by atoms with Crippen LogP contribution in [0.2, 0.25) is 10.0 Å². The van der Waals surface area contributed by atoms with Crippen molar-refractivity contribution in [1.82, 2.24) is 0 Å². The van der Waals surface area contributed by atoms with Crippen molar-refractivity contribution in [3.63, 3.8) is 0 Å². The molecule has 0 aliphatic carbocycles. The Morgan fingerprint density at radius 2 is 1.74 bits per heavy atom. The molecule has 2 aromatic carbocycles. The lowest BCUT2D eigenvalue weighted by molar-refractivity contribution is -0.938. The van der Waals surface area contributed by atoms with E-state index in [1.165, 1.54) is 11.3 Å². The third-order valence-corrected chi connectivity index (χ3v) is 8.78. The Balaban J connectivity index is 1.37. The number of nitrogens with zero attached hydrogens (tertiary/aromatic N) is 1.